The molecule has 0 unspecified atom stereocenters. The summed E-state index contributed by atoms with van der Waals surface area (Å²) in [6, 6.07) is 0. The maximum Gasteiger partial charge on any atom is 0.328 e. The number of carbonyl (C=O) groups excluding carboxylic acids is 1. The van der Waals surface area contributed by atoms with Crippen molar-refractivity contribution >= 4 is 11.9 Å². The van der Waals surface area contributed by atoms with Gasteiger partial charge in [0.1, 0.15) is 0 Å². The van der Waals surface area contributed by atoms with Crippen LogP contribution in [0.3, 0.4) is 0 Å². The van der Waals surface area contributed by atoms with Crippen molar-refractivity contribution in [2.24, 2.45) is 5.92 Å². The van der Waals surface area contributed by atoms with Gasteiger partial charge in [0.25, 0.3) is 0 Å². The number of amides is 1. The Bertz CT molecular complexity index is 293. The van der Waals surface area contributed by atoms with Crippen LogP contribution in [0.2, 0.25) is 0 Å². The molecule has 0 aliphatic carbocycles. The first kappa shape index (κ1) is 13.7. The molecule has 0 spiro atoms. The standard InChI is InChI=1S/C12H19NO4/c1-17-9-6-10-4-7-13(8-5-10)11(14)2-3-12(15)16/h2-3,10H,4-9H2,1H3,(H,15,16)/b3-2+. The normalized spacial score (nSPS) is 17.6. The van der Waals surface area contributed by atoms with Gasteiger partial charge in [0.2, 0.25) is 5.91 Å². The van der Waals surface area contributed by atoms with Gasteiger partial charge in [0.05, 0.1) is 0 Å². The molecule has 0 aromatic heterocycles. The van der Waals surface area contributed by atoms with Gasteiger partial charge in [-0.2, -0.15) is 0 Å². The molecule has 1 fully saturated rings. The number of aliphatic carboxylic acids is 1. The lowest BCUT2D eigenvalue weighted by Crippen LogP contribution is -2.37. The summed E-state index contributed by atoms with van der Waals surface area (Å²) in [5, 5.41) is 8.43. The number of methoxy groups -OCH3 is 1. The van der Waals surface area contributed by atoms with Crippen molar-refractivity contribution in [1.82, 2.24) is 4.90 Å². The number of rotatable bonds is 5. The lowest BCUT2D eigenvalue weighted by Gasteiger charge is -2.31. The fraction of sp³-hybridized carbons (Fsp3) is 0.667. The Morgan fingerprint density at radius 1 is 1.35 bits per heavy atom. The van der Waals surface area contributed by atoms with Crippen LogP contribution in [-0.2, 0) is 14.3 Å². The van der Waals surface area contributed by atoms with Crippen molar-refractivity contribution < 1.29 is 19.4 Å². The summed E-state index contributed by atoms with van der Waals surface area (Å²) in [6.45, 7) is 2.17. The van der Waals surface area contributed by atoms with E-state index >= 15 is 0 Å². The van der Waals surface area contributed by atoms with Gasteiger partial charge in [0, 0.05) is 39.0 Å². The molecule has 5 nitrogen and oxygen atoms in total. The highest BCUT2D eigenvalue weighted by Crippen LogP contribution is 2.20. The van der Waals surface area contributed by atoms with Gasteiger partial charge in [-0.25, -0.2) is 4.79 Å². The molecule has 0 atom stereocenters. The van der Waals surface area contributed by atoms with Crippen molar-refractivity contribution in [3.8, 4) is 0 Å². The van der Waals surface area contributed by atoms with Gasteiger partial charge < -0.3 is 14.7 Å². The number of ether oxygens (including phenoxy) is 1. The molecule has 96 valence electrons. The molecule has 0 aromatic carbocycles. The molecule has 1 saturated heterocycles. The van der Waals surface area contributed by atoms with E-state index in [0.717, 1.165) is 38.0 Å². The number of likely N-dealkylation sites (tertiary alicyclic amines) is 1. The van der Waals surface area contributed by atoms with E-state index in [0.29, 0.717) is 19.0 Å². The van der Waals surface area contributed by atoms with E-state index in [1.807, 2.05) is 0 Å². The lowest BCUT2D eigenvalue weighted by atomic mass is 9.94. The molecule has 1 rings (SSSR count). The first-order chi connectivity index (χ1) is 8.13. The minimum absolute atomic E-state index is 0.211. The molecule has 1 aliphatic rings. The van der Waals surface area contributed by atoms with Crippen LogP contribution in [0.5, 0.6) is 0 Å². The first-order valence-electron chi connectivity index (χ1n) is 5.82. The molecule has 0 saturated carbocycles. The predicted molar refractivity (Wildman–Crippen MR) is 62.6 cm³/mol. The molecular weight excluding hydrogens is 222 g/mol. The molecule has 0 aromatic rings. The Balaban J connectivity index is 2.31. The van der Waals surface area contributed by atoms with Crippen LogP contribution in [0.15, 0.2) is 12.2 Å². The summed E-state index contributed by atoms with van der Waals surface area (Å²) in [5.74, 6) is -0.687. The quantitative estimate of drug-likeness (QED) is 0.726. The molecule has 5 heteroatoms. The average molecular weight is 241 g/mol. The van der Waals surface area contributed by atoms with Crippen LogP contribution in [0, 0.1) is 5.92 Å². The van der Waals surface area contributed by atoms with E-state index < -0.39 is 5.97 Å². The zero-order valence-corrected chi connectivity index (χ0v) is 10.1. The fourth-order valence-electron chi connectivity index (χ4n) is 1.97. The van der Waals surface area contributed by atoms with Crippen molar-refractivity contribution in [3.63, 3.8) is 0 Å². The van der Waals surface area contributed by atoms with Gasteiger partial charge >= 0.3 is 5.97 Å². The number of piperidine rings is 1. The van der Waals surface area contributed by atoms with Gasteiger partial charge in [0.15, 0.2) is 0 Å². The first-order valence-corrected chi connectivity index (χ1v) is 5.82. The summed E-state index contributed by atoms with van der Waals surface area (Å²) in [7, 11) is 1.69. The Kier molecular flexibility index (Phi) is 5.69. The smallest absolute Gasteiger partial charge is 0.328 e. The van der Waals surface area contributed by atoms with Crippen molar-refractivity contribution in [2.75, 3.05) is 26.8 Å². The maximum absolute atomic E-state index is 11.6. The minimum atomic E-state index is -1.09. The van der Waals surface area contributed by atoms with E-state index in [1.165, 1.54) is 0 Å². The molecule has 17 heavy (non-hydrogen) atoms. The summed E-state index contributed by atoms with van der Waals surface area (Å²) >= 11 is 0. The van der Waals surface area contributed by atoms with Crippen LogP contribution in [-0.4, -0.2) is 48.7 Å². The van der Waals surface area contributed by atoms with Crippen LogP contribution in [0.4, 0.5) is 0 Å². The van der Waals surface area contributed by atoms with Gasteiger partial charge in [-0.15, -0.1) is 0 Å². The number of carboxylic acid groups (broad SMARTS) is 1. The monoisotopic (exact) mass is 241 g/mol. The SMILES string of the molecule is COCCC1CCN(C(=O)/C=C/C(=O)O)CC1. The fourth-order valence-corrected chi connectivity index (χ4v) is 1.97. The predicted octanol–water partition coefficient (Wildman–Crippen LogP) is 0.902. The third kappa shape index (κ3) is 4.99. The van der Waals surface area contributed by atoms with Gasteiger partial charge in [-0.3, -0.25) is 4.79 Å². The second kappa shape index (κ2) is 7.06. The summed E-state index contributed by atoms with van der Waals surface area (Å²) in [6.07, 6.45) is 4.98. The van der Waals surface area contributed by atoms with Crippen molar-refractivity contribution in [1.29, 1.82) is 0 Å². The number of hydrogen-bond donors (Lipinski definition) is 1. The molecular formula is C12H19NO4. The largest absolute Gasteiger partial charge is 0.478 e. The van der Waals surface area contributed by atoms with Gasteiger partial charge in [-0.05, 0) is 25.2 Å². The van der Waals surface area contributed by atoms with Crippen LogP contribution in [0.25, 0.3) is 0 Å². The van der Waals surface area contributed by atoms with Gasteiger partial charge in [-0.1, -0.05) is 0 Å². The Labute approximate surface area is 101 Å². The summed E-state index contributed by atoms with van der Waals surface area (Å²) in [4.78, 5) is 23.6. The highest BCUT2D eigenvalue weighted by atomic mass is 16.5. The third-order valence-electron chi connectivity index (χ3n) is 3.02. The second-order valence-corrected chi connectivity index (χ2v) is 4.22. The molecule has 1 aliphatic heterocycles. The average Bonchev–Trinajstić information content (AvgIpc) is 2.34. The number of carbonyl (C=O) groups is 2. The zero-order valence-electron chi connectivity index (χ0n) is 10.1. The van der Waals surface area contributed by atoms with E-state index in [9.17, 15) is 9.59 Å². The van der Waals surface area contributed by atoms with Crippen LogP contribution >= 0.6 is 0 Å². The molecule has 1 N–H and O–H groups in total. The molecule has 1 heterocycles. The lowest BCUT2D eigenvalue weighted by molar-refractivity contribution is -0.132. The van der Waals surface area contributed by atoms with E-state index in [1.54, 1.807) is 12.0 Å². The highest BCUT2D eigenvalue weighted by Gasteiger charge is 2.21. The van der Waals surface area contributed by atoms with Crippen LogP contribution in [0.1, 0.15) is 19.3 Å². The molecule has 0 bridgehead atoms. The zero-order chi connectivity index (χ0) is 12.7. The summed E-state index contributed by atoms with van der Waals surface area (Å²) in [5.41, 5.74) is 0. The Morgan fingerprint density at radius 2 is 2.00 bits per heavy atom. The minimum Gasteiger partial charge on any atom is -0.478 e. The third-order valence-corrected chi connectivity index (χ3v) is 3.02. The molecule has 0 radical (unpaired) electrons. The number of nitrogens with zero attached hydrogens (tertiary/aromatic N) is 1. The maximum atomic E-state index is 11.6. The second-order valence-electron chi connectivity index (χ2n) is 4.22. The van der Waals surface area contributed by atoms with E-state index in [4.69, 9.17) is 9.84 Å². The number of carboxylic acids is 1. The topological polar surface area (TPSA) is 66.8 Å². The Morgan fingerprint density at radius 3 is 2.53 bits per heavy atom. The number of hydrogen-bond acceptors (Lipinski definition) is 3. The van der Waals surface area contributed by atoms with Crippen LogP contribution < -0.4 is 0 Å². The molecule has 1 amide bonds. The van der Waals surface area contributed by atoms with Crippen molar-refractivity contribution in [2.45, 2.75) is 19.3 Å². The van der Waals surface area contributed by atoms with E-state index in [-0.39, 0.29) is 5.91 Å². The highest BCUT2D eigenvalue weighted by molar-refractivity contribution is 5.93. The Hall–Kier alpha value is -1.36. The van der Waals surface area contributed by atoms with Crippen molar-refractivity contribution in [3.05, 3.63) is 12.2 Å². The summed E-state index contributed by atoms with van der Waals surface area (Å²) < 4.78 is 5.03. The van der Waals surface area contributed by atoms with E-state index in [2.05, 4.69) is 0 Å².